The second-order valence-electron chi connectivity index (χ2n) is 7.65. The molecule has 1 aromatic rings. The van der Waals surface area contributed by atoms with Gasteiger partial charge in [0.2, 0.25) is 6.41 Å². The van der Waals surface area contributed by atoms with E-state index in [0.29, 0.717) is 52.9 Å². The molecule has 2 aliphatic rings. The van der Waals surface area contributed by atoms with Gasteiger partial charge in [0.25, 0.3) is 5.91 Å². The predicted molar refractivity (Wildman–Crippen MR) is 146 cm³/mol. The molecule has 0 unspecified atom stereocenters. The van der Waals surface area contributed by atoms with Crippen molar-refractivity contribution >= 4 is 81.7 Å². The minimum atomic E-state index is -1.60. The van der Waals surface area contributed by atoms with Crippen molar-refractivity contribution < 1.29 is 33.7 Å². The lowest BCUT2D eigenvalue weighted by Crippen LogP contribution is -2.49. The van der Waals surface area contributed by atoms with Gasteiger partial charge in [0.05, 0.1) is 33.6 Å². The molecule has 0 fully saturated rings. The largest absolute Gasteiger partial charge is 0.495 e. The van der Waals surface area contributed by atoms with E-state index in [9.17, 15) is 14.7 Å². The van der Waals surface area contributed by atoms with Crippen LogP contribution in [0.2, 0.25) is 0 Å². The molecule has 1 aromatic carbocycles. The van der Waals surface area contributed by atoms with Crippen LogP contribution in [0, 0.1) is 0 Å². The standard InChI is InChI=1S/C22H23Br4N3O7/c1-33-18-15(25)9-22(35-10-16(18)26)20(31)17(29-36-22)21(32)28-4-2-6-34-19-13(23)7-12(8-14(19)24)3-5-27-11-30/h7-8,10-11,20,31H,2-6,9H2,1H3,(H,27,30)(H,28,32)/t20-,22+/m0/s1. The van der Waals surface area contributed by atoms with Crippen molar-refractivity contribution in [2.24, 2.45) is 5.16 Å². The summed E-state index contributed by atoms with van der Waals surface area (Å²) >= 11 is 13.7. The Morgan fingerprint density at radius 3 is 2.67 bits per heavy atom. The maximum Gasteiger partial charge on any atom is 0.311 e. The first kappa shape index (κ1) is 29.0. The second kappa shape index (κ2) is 13.3. The molecule has 0 radical (unpaired) electrons. The van der Waals surface area contributed by atoms with Crippen LogP contribution < -0.4 is 15.4 Å². The number of oxime groups is 1. The minimum Gasteiger partial charge on any atom is -0.495 e. The molecule has 36 heavy (non-hydrogen) atoms. The molecule has 10 nitrogen and oxygen atoms in total. The van der Waals surface area contributed by atoms with Gasteiger partial charge in [-0.2, -0.15) is 0 Å². The number of methoxy groups -OCH3 is 1. The summed E-state index contributed by atoms with van der Waals surface area (Å²) in [6.45, 7) is 1.15. The van der Waals surface area contributed by atoms with Crippen molar-refractivity contribution in [1.29, 1.82) is 0 Å². The molecule has 0 saturated heterocycles. The third kappa shape index (κ3) is 6.82. The minimum absolute atomic E-state index is 0.0627. The highest BCUT2D eigenvalue weighted by molar-refractivity contribution is 9.12. The SMILES string of the molecule is COC1=C(Br)C[C@@]2(OC=C1Br)ON=C(C(=O)NCCCOc1c(Br)cc(CCNC=O)cc1Br)[C@@H]2O. The summed E-state index contributed by atoms with van der Waals surface area (Å²) < 4.78 is 19.4. The zero-order chi connectivity index (χ0) is 26.3. The van der Waals surface area contributed by atoms with E-state index in [-0.39, 0.29) is 18.7 Å². The maximum absolute atomic E-state index is 12.6. The Labute approximate surface area is 241 Å². The Kier molecular flexibility index (Phi) is 10.7. The van der Waals surface area contributed by atoms with Crippen LogP contribution in [0.3, 0.4) is 0 Å². The van der Waals surface area contributed by atoms with Crippen molar-refractivity contribution in [3.8, 4) is 5.75 Å². The molecule has 14 heteroatoms. The van der Waals surface area contributed by atoms with E-state index >= 15 is 0 Å². The Bertz CT molecular complexity index is 1070. The fourth-order valence-corrected chi connectivity index (χ4v) is 6.44. The van der Waals surface area contributed by atoms with Crippen molar-refractivity contribution in [2.75, 3.05) is 26.8 Å². The van der Waals surface area contributed by atoms with Gasteiger partial charge in [-0.05, 0) is 78.3 Å². The van der Waals surface area contributed by atoms with E-state index in [1.165, 1.54) is 13.4 Å². The number of carbonyl (C=O) groups is 2. The summed E-state index contributed by atoms with van der Waals surface area (Å²) in [6.07, 6.45) is 1.81. The molecule has 2 aliphatic heterocycles. The van der Waals surface area contributed by atoms with Gasteiger partial charge in [0, 0.05) is 17.6 Å². The average Bonchev–Trinajstić information content (AvgIpc) is 3.08. The number of benzene rings is 1. The Balaban J connectivity index is 1.48. The lowest BCUT2D eigenvalue weighted by atomic mass is 10.0. The normalized spacial score (nSPS) is 21.1. The first-order chi connectivity index (χ1) is 17.2. The van der Waals surface area contributed by atoms with Crippen LogP contribution in [0.15, 0.2) is 47.2 Å². The van der Waals surface area contributed by atoms with Gasteiger partial charge in [-0.1, -0.05) is 21.1 Å². The van der Waals surface area contributed by atoms with Crippen molar-refractivity contribution in [1.82, 2.24) is 10.6 Å². The van der Waals surface area contributed by atoms with Gasteiger partial charge in [0.15, 0.2) is 11.8 Å². The molecule has 0 aromatic heterocycles. The predicted octanol–water partition coefficient (Wildman–Crippen LogP) is 3.74. The topological polar surface area (TPSA) is 128 Å². The summed E-state index contributed by atoms with van der Waals surface area (Å²) in [5.41, 5.74) is 0.840. The van der Waals surface area contributed by atoms with Gasteiger partial charge in [-0.15, -0.1) is 0 Å². The maximum atomic E-state index is 12.6. The van der Waals surface area contributed by atoms with Crippen molar-refractivity contribution in [3.63, 3.8) is 0 Å². The van der Waals surface area contributed by atoms with Gasteiger partial charge in [0.1, 0.15) is 17.8 Å². The summed E-state index contributed by atoms with van der Waals surface area (Å²) in [5, 5.41) is 19.9. The Hall–Kier alpha value is -1.61. The molecular formula is C22H23Br4N3O7. The van der Waals surface area contributed by atoms with Crippen molar-refractivity contribution in [2.45, 2.75) is 31.2 Å². The molecule has 2 amide bonds. The Morgan fingerprint density at radius 2 is 2.00 bits per heavy atom. The van der Waals surface area contributed by atoms with Crippen LogP contribution in [0.1, 0.15) is 18.4 Å². The number of hydrogen-bond donors (Lipinski definition) is 3. The molecule has 196 valence electrons. The zero-order valence-corrected chi connectivity index (χ0v) is 25.3. The first-order valence-corrected chi connectivity index (χ1v) is 13.9. The monoisotopic (exact) mass is 757 g/mol. The number of hydrogen-bond acceptors (Lipinski definition) is 8. The summed E-state index contributed by atoms with van der Waals surface area (Å²) in [5.74, 6) is -1.05. The highest BCUT2D eigenvalue weighted by Crippen LogP contribution is 2.41. The number of ether oxygens (including phenoxy) is 3. The third-order valence-corrected chi connectivity index (χ3v) is 7.56. The van der Waals surface area contributed by atoms with Crippen LogP contribution in [0.5, 0.6) is 5.75 Å². The van der Waals surface area contributed by atoms with Gasteiger partial charge in [-0.3, -0.25) is 9.59 Å². The molecule has 1 spiro atoms. The average molecular weight is 761 g/mol. The number of halogens is 4. The van der Waals surface area contributed by atoms with E-state index in [0.717, 1.165) is 14.5 Å². The third-order valence-electron chi connectivity index (χ3n) is 5.19. The molecule has 2 atom stereocenters. The molecule has 0 aliphatic carbocycles. The lowest BCUT2D eigenvalue weighted by molar-refractivity contribution is -0.225. The van der Waals surface area contributed by atoms with E-state index in [1.807, 2.05) is 12.1 Å². The number of aliphatic hydroxyl groups excluding tert-OH is 1. The highest BCUT2D eigenvalue weighted by atomic mass is 79.9. The summed E-state index contributed by atoms with van der Waals surface area (Å²) in [6, 6.07) is 3.85. The van der Waals surface area contributed by atoms with Crippen LogP contribution >= 0.6 is 63.7 Å². The van der Waals surface area contributed by atoms with Gasteiger partial charge >= 0.3 is 5.79 Å². The molecule has 0 bridgehead atoms. The lowest BCUT2D eigenvalue weighted by Gasteiger charge is -2.27. The summed E-state index contributed by atoms with van der Waals surface area (Å²) in [7, 11) is 1.50. The first-order valence-electron chi connectivity index (χ1n) is 10.7. The van der Waals surface area contributed by atoms with Crippen LogP contribution in [0.25, 0.3) is 0 Å². The Morgan fingerprint density at radius 1 is 1.28 bits per heavy atom. The molecule has 0 saturated carbocycles. The van der Waals surface area contributed by atoms with E-state index < -0.39 is 17.8 Å². The van der Waals surface area contributed by atoms with E-state index in [1.54, 1.807) is 0 Å². The van der Waals surface area contributed by atoms with Gasteiger partial charge in [-0.25, -0.2) is 0 Å². The number of amides is 2. The van der Waals surface area contributed by atoms with Crippen LogP contribution in [0.4, 0.5) is 0 Å². The van der Waals surface area contributed by atoms with Crippen LogP contribution in [-0.2, 0) is 30.3 Å². The number of nitrogens with zero attached hydrogens (tertiary/aromatic N) is 1. The fraction of sp³-hybridized carbons (Fsp3) is 0.409. The number of rotatable bonds is 11. The van der Waals surface area contributed by atoms with Gasteiger partial charge < -0.3 is 34.8 Å². The van der Waals surface area contributed by atoms with E-state index in [2.05, 4.69) is 79.5 Å². The molecule has 2 heterocycles. The van der Waals surface area contributed by atoms with Crippen molar-refractivity contribution in [3.05, 3.63) is 47.6 Å². The number of allylic oxidation sites excluding steroid dienone is 1. The number of nitrogens with one attached hydrogen (secondary N) is 2. The zero-order valence-electron chi connectivity index (χ0n) is 19.0. The second-order valence-corrected chi connectivity index (χ2v) is 11.2. The quantitative estimate of drug-likeness (QED) is 0.232. The van der Waals surface area contributed by atoms with E-state index in [4.69, 9.17) is 19.0 Å². The number of carbonyl (C=O) groups excluding carboxylic acids is 2. The highest BCUT2D eigenvalue weighted by Gasteiger charge is 2.54. The molecular weight excluding hydrogens is 738 g/mol. The smallest absolute Gasteiger partial charge is 0.311 e. The number of aliphatic hydroxyl groups is 1. The molecule has 3 rings (SSSR count). The fourth-order valence-electron chi connectivity index (χ4n) is 3.41. The van der Waals surface area contributed by atoms with Crippen LogP contribution in [-0.4, -0.2) is 61.8 Å². The summed E-state index contributed by atoms with van der Waals surface area (Å²) in [4.78, 5) is 28.4. The molecule has 3 N–H and O–H groups in total.